The highest BCUT2D eigenvalue weighted by Crippen LogP contribution is 2.38. The van der Waals surface area contributed by atoms with Crippen LogP contribution < -0.4 is 5.32 Å². The molecular weight excluding hydrogens is 621 g/mol. The average molecular weight is 673 g/mol. The van der Waals surface area contributed by atoms with Crippen molar-refractivity contribution < 1.29 is 14.3 Å². The molecule has 1 aliphatic carbocycles. The minimum Gasteiger partial charge on any atom is -0.471 e. The van der Waals surface area contributed by atoms with Crippen LogP contribution >= 0.6 is 11.8 Å². The molecule has 1 aliphatic heterocycles. The van der Waals surface area contributed by atoms with Crippen LogP contribution in [0.5, 0.6) is 0 Å². The van der Waals surface area contributed by atoms with Gasteiger partial charge in [-0.05, 0) is 55.6 Å². The van der Waals surface area contributed by atoms with E-state index in [1.165, 1.54) is 7.11 Å². The Morgan fingerprint density at radius 1 is 1.25 bits per heavy atom. The SMILES string of the molecule is C=C/C(=C\C=NC)OC1=CC=C(Nc2nn3c(c2CC)N=C(SC)CC(C#N)=C3CC(=C)/C=C\C=C/C)CC=C1.CC.CC.COC=O. The van der Waals surface area contributed by atoms with Gasteiger partial charge >= 0.3 is 0 Å². The molecule has 1 N–H and O–H groups in total. The van der Waals surface area contributed by atoms with Crippen LogP contribution in [-0.4, -0.2) is 47.9 Å². The zero-order valence-corrected chi connectivity index (χ0v) is 30.9. The molecule has 10 heteroatoms. The summed E-state index contributed by atoms with van der Waals surface area (Å²) in [5.74, 6) is 2.76. The first-order valence-corrected chi connectivity index (χ1v) is 17.2. The number of thioether (sulfide) groups is 1. The molecule has 48 heavy (non-hydrogen) atoms. The maximum Gasteiger partial charge on any atom is 0.292 e. The molecule has 0 saturated heterocycles. The molecule has 0 aromatic carbocycles. The number of anilines is 1. The van der Waals surface area contributed by atoms with Crippen molar-refractivity contribution in [3.05, 3.63) is 108 Å². The number of aliphatic imine (C=N–C) groups is 2. The Labute approximate surface area is 292 Å². The summed E-state index contributed by atoms with van der Waals surface area (Å²) in [4.78, 5) is 17.9. The number of methoxy groups -OCH3 is 1. The van der Waals surface area contributed by atoms with Gasteiger partial charge in [-0.2, -0.15) is 5.26 Å². The fourth-order valence-corrected chi connectivity index (χ4v) is 4.50. The summed E-state index contributed by atoms with van der Waals surface area (Å²) in [7, 11) is 3.02. The molecular formula is C38H52N6O3S. The summed E-state index contributed by atoms with van der Waals surface area (Å²) >= 11 is 1.55. The van der Waals surface area contributed by atoms with E-state index in [1.807, 2.05) is 94.2 Å². The lowest BCUT2D eigenvalue weighted by atomic mass is 10.1. The minimum absolute atomic E-state index is 0.375. The van der Waals surface area contributed by atoms with E-state index in [0.717, 1.165) is 45.6 Å². The average Bonchev–Trinajstić information content (AvgIpc) is 3.22. The quantitative estimate of drug-likeness (QED) is 0.102. The molecule has 0 radical (unpaired) electrons. The van der Waals surface area contributed by atoms with E-state index in [1.54, 1.807) is 37.2 Å². The van der Waals surface area contributed by atoms with Crippen molar-refractivity contribution in [2.24, 2.45) is 9.98 Å². The molecule has 0 saturated carbocycles. The number of carbonyl (C=O) groups is 1. The number of aromatic nitrogens is 2. The number of nitrogens with one attached hydrogen (secondary N) is 1. The molecule has 1 aromatic rings. The van der Waals surface area contributed by atoms with Crippen molar-refractivity contribution in [2.75, 3.05) is 25.7 Å². The van der Waals surface area contributed by atoms with Crippen LogP contribution in [0.25, 0.3) is 5.70 Å². The Morgan fingerprint density at radius 3 is 2.52 bits per heavy atom. The largest absolute Gasteiger partial charge is 0.471 e. The lowest BCUT2D eigenvalue weighted by Gasteiger charge is -2.11. The van der Waals surface area contributed by atoms with E-state index < -0.39 is 0 Å². The van der Waals surface area contributed by atoms with Gasteiger partial charge < -0.3 is 14.8 Å². The molecule has 0 bridgehead atoms. The Balaban J connectivity index is 0.00000252. The maximum absolute atomic E-state index is 10.1. The summed E-state index contributed by atoms with van der Waals surface area (Å²) in [6.45, 7) is 20.5. The molecule has 0 unspecified atom stereocenters. The summed E-state index contributed by atoms with van der Waals surface area (Å²) in [5, 5.41) is 19.5. The number of hydrogen-bond acceptors (Lipinski definition) is 9. The van der Waals surface area contributed by atoms with Gasteiger partial charge in [0.2, 0.25) is 0 Å². The van der Waals surface area contributed by atoms with Crippen LogP contribution in [0.2, 0.25) is 0 Å². The third-order valence-electron chi connectivity index (χ3n) is 6.14. The first kappa shape index (κ1) is 43.1. The fraction of sp³-hybridized carbons (Fsp3) is 0.342. The molecule has 9 nitrogen and oxygen atoms in total. The van der Waals surface area contributed by atoms with Crippen molar-refractivity contribution in [3.63, 3.8) is 0 Å². The molecule has 0 spiro atoms. The molecule has 0 amide bonds. The summed E-state index contributed by atoms with van der Waals surface area (Å²) < 4.78 is 11.6. The number of nitrogens with zero attached hydrogens (tertiary/aromatic N) is 5. The van der Waals surface area contributed by atoms with E-state index in [9.17, 15) is 5.26 Å². The van der Waals surface area contributed by atoms with E-state index in [-0.39, 0.29) is 0 Å². The van der Waals surface area contributed by atoms with Crippen molar-refractivity contribution in [1.29, 1.82) is 5.26 Å². The van der Waals surface area contributed by atoms with E-state index in [4.69, 9.17) is 19.6 Å². The fourth-order valence-electron chi connectivity index (χ4n) is 4.04. The second kappa shape index (κ2) is 26.2. The molecule has 0 fully saturated rings. The van der Waals surface area contributed by atoms with E-state index >= 15 is 0 Å². The van der Waals surface area contributed by atoms with E-state index in [0.29, 0.717) is 42.8 Å². The third-order valence-corrected chi connectivity index (χ3v) is 6.85. The van der Waals surface area contributed by atoms with Crippen LogP contribution in [-0.2, 0) is 20.7 Å². The predicted octanol–water partition coefficient (Wildman–Crippen LogP) is 9.82. The highest BCUT2D eigenvalue weighted by atomic mass is 32.2. The van der Waals surface area contributed by atoms with Gasteiger partial charge in [0.15, 0.2) is 11.6 Å². The number of ether oxygens (including phenoxy) is 2. The maximum atomic E-state index is 10.1. The normalized spacial score (nSPS) is 13.9. The first-order valence-electron chi connectivity index (χ1n) is 16.0. The molecule has 2 heterocycles. The van der Waals surface area contributed by atoms with Gasteiger partial charge in [-0.1, -0.05) is 78.2 Å². The summed E-state index contributed by atoms with van der Waals surface area (Å²) in [6, 6.07) is 2.41. The van der Waals surface area contributed by atoms with Gasteiger partial charge in [0.25, 0.3) is 6.47 Å². The standard InChI is InChI=1S/C32H36N6OS.C2H4O2.2C2H6/c1-7-10-11-13-23(4)20-29-24(22-33)21-30(40-6)36-32-28(9-3)31(37-38(29)32)35-25-14-12-15-27(17-16-25)39-26(8-2)18-19-34-5;1-4-2-3;2*1-2/h7-8,10-13,15-19H,2,4,9,14,20-21H2,1,3,5-6H3,(H,35,37);2H,1H3;2*1-2H3/b10-7-,13-11-,26-18+,34-19?;;;. The highest BCUT2D eigenvalue weighted by Gasteiger charge is 2.25. The van der Waals surface area contributed by atoms with Gasteiger partial charge in [-0.25, -0.2) is 9.67 Å². The lowest BCUT2D eigenvalue weighted by Crippen LogP contribution is -2.05. The molecule has 0 atom stereocenters. The van der Waals surface area contributed by atoms with Gasteiger partial charge in [-0.3, -0.25) is 9.79 Å². The van der Waals surface area contributed by atoms with Crippen molar-refractivity contribution >= 4 is 46.8 Å². The first-order chi connectivity index (χ1) is 23.4. The second-order valence-corrected chi connectivity index (χ2v) is 10.0. The van der Waals surface area contributed by atoms with Gasteiger partial charge in [0.05, 0.1) is 29.5 Å². The van der Waals surface area contributed by atoms with Crippen LogP contribution in [0.1, 0.15) is 66.4 Å². The topological polar surface area (TPSA) is 114 Å². The zero-order valence-electron chi connectivity index (χ0n) is 30.0. The van der Waals surface area contributed by atoms with Crippen molar-refractivity contribution in [1.82, 2.24) is 9.78 Å². The second-order valence-electron chi connectivity index (χ2n) is 9.17. The number of nitriles is 1. The van der Waals surface area contributed by atoms with Crippen molar-refractivity contribution in [3.8, 4) is 6.07 Å². The van der Waals surface area contributed by atoms with Crippen molar-refractivity contribution in [2.45, 2.75) is 67.2 Å². The van der Waals surface area contributed by atoms with E-state index in [2.05, 4.69) is 41.2 Å². The number of carbonyl (C=O) groups excluding carboxylic acids is 1. The minimum atomic E-state index is 0.375. The third kappa shape index (κ3) is 14.3. The number of hydrogen-bond donors (Lipinski definition) is 1. The summed E-state index contributed by atoms with van der Waals surface area (Å²) in [6.07, 6.45) is 25.1. The van der Waals surface area contributed by atoms with Crippen LogP contribution in [0.4, 0.5) is 11.6 Å². The molecule has 258 valence electrons. The van der Waals surface area contributed by atoms with Gasteiger partial charge in [0.1, 0.15) is 11.5 Å². The number of fused-ring (bicyclic) bond motifs is 1. The Hall–Kier alpha value is -4.88. The molecule has 1 aromatic heterocycles. The van der Waals surface area contributed by atoms with Crippen LogP contribution in [0.3, 0.4) is 0 Å². The monoisotopic (exact) mass is 672 g/mol. The lowest BCUT2D eigenvalue weighted by molar-refractivity contribution is -0.126. The van der Waals surface area contributed by atoms with Gasteiger partial charge in [-0.15, -0.1) is 16.9 Å². The van der Waals surface area contributed by atoms with Gasteiger partial charge in [0, 0.05) is 43.8 Å². The number of rotatable bonds is 12. The molecule has 2 aliphatic rings. The Bertz CT molecular complexity index is 1530. The molecule has 3 rings (SSSR count). The number of allylic oxidation sites excluding steroid dienone is 13. The zero-order chi connectivity index (χ0) is 36.3. The Kier molecular flexibility index (Phi) is 23.6. The van der Waals surface area contributed by atoms with Crippen LogP contribution in [0.15, 0.2) is 112 Å². The van der Waals surface area contributed by atoms with Crippen LogP contribution in [0, 0.1) is 11.3 Å². The Morgan fingerprint density at radius 2 is 1.96 bits per heavy atom. The summed E-state index contributed by atoms with van der Waals surface area (Å²) in [5.41, 5.74) is 4.27. The highest BCUT2D eigenvalue weighted by molar-refractivity contribution is 8.13. The predicted molar refractivity (Wildman–Crippen MR) is 206 cm³/mol. The smallest absolute Gasteiger partial charge is 0.292 e.